The largest absolute Gasteiger partial charge is 0.443 e. The van der Waals surface area contributed by atoms with Crippen molar-refractivity contribution in [2.75, 3.05) is 19.0 Å². The first-order valence-electron chi connectivity index (χ1n) is 4.53. The molecule has 1 aliphatic rings. The molecule has 0 amide bonds. The van der Waals surface area contributed by atoms with E-state index in [0.29, 0.717) is 5.04 Å². The first-order valence-corrected chi connectivity index (χ1v) is 5.74. The predicted octanol–water partition coefficient (Wildman–Crippen LogP) is 1.54. The Kier molecular flexibility index (Phi) is 2.68. The van der Waals surface area contributed by atoms with Crippen molar-refractivity contribution in [3.63, 3.8) is 0 Å². The van der Waals surface area contributed by atoms with Gasteiger partial charge >= 0.3 is 0 Å². The fourth-order valence-corrected chi connectivity index (χ4v) is 2.09. The van der Waals surface area contributed by atoms with Gasteiger partial charge in [-0.15, -0.1) is 6.20 Å². The smallest absolute Gasteiger partial charge is 0.0360 e. The summed E-state index contributed by atoms with van der Waals surface area (Å²) in [4.78, 5) is 5.97. The van der Waals surface area contributed by atoms with Crippen LogP contribution in [0.4, 0.5) is 5.69 Å². The van der Waals surface area contributed by atoms with Crippen LogP contribution < -0.4 is 4.90 Å². The topological polar surface area (TPSA) is 32.7 Å². The molecule has 1 aliphatic heterocycles. The molecular formula is C11H11N2OS-. The SMILES string of the molecule is CN(C)c1ccc(C2=N[C-]=CS2=O)cc1. The minimum absolute atomic E-state index is 0.584. The van der Waals surface area contributed by atoms with Crippen LogP contribution >= 0.6 is 0 Å². The van der Waals surface area contributed by atoms with Crippen LogP contribution in [0.25, 0.3) is 0 Å². The van der Waals surface area contributed by atoms with Gasteiger partial charge in [0.2, 0.25) is 0 Å². The first kappa shape index (κ1) is 10.1. The Morgan fingerprint density at radius 2 is 1.93 bits per heavy atom. The van der Waals surface area contributed by atoms with Crippen molar-refractivity contribution >= 4 is 21.5 Å². The summed E-state index contributed by atoms with van der Waals surface area (Å²) < 4.78 is 11.4. The van der Waals surface area contributed by atoms with Crippen molar-refractivity contribution in [1.82, 2.24) is 0 Å². The van der Waals surface area contributed by atoms with Crippen molar-refractivity contribution in [2.24, 2.45) is 4.99 Å². The van der Waals surface area contributed by atoms with E-state index in [1.807, 2.05) is 43.3 Å². The summed E-state index contributed by atoms with van der Waals surface area (Å²) in [6.45, 7) is 0. The zero-order chi connectivity index (χ0) is 10.8. The summed E-state index contributed by atoms with van der Waals surface area (Å²) >= 11 is 0. The van der Waals surface area contributed by atoms with Crippen LogP contribution in [0.15, 0.2) is 34.7 Å². The van der Waals surface area contributed by atoms with Crippen molar-refractivity contribution < 1.29 is 4.21 Å². The molecule has 0 radical (unpaired) electrons. The fourth-order valence-electron chi connectivity index (χ4n) is 1.32. The molecule has 0 bridgehead atoms. The average Bonchev–Trinajstić information content (AvgIpc) is 2.65. The molecule has 1 heterocycles. The molecular weight excluding hydrogens is 208 g/mol. The summed E-state index contributed by atoms with van der Waals surface area (Å²) in [6, 6.07) is 7.81. The van der Waals surface area contributed by atoms with Crippen molar-refractivity contribution in [3.8, 4) is 0 Å². The quantitative estimate of drug-likeness (QED) is 0.707. The van der Waals surface area contributed by atoms with E-state index in [-0.39, 0.29) is 0 Å². The van der Waals surface area contributed by atoms with Gasteiger partial charge in [0.1, 0.15) is 0 Å². The lowest BCUT2D eigenvalue weighted by molar-refractivity contribution is 0.695. The third kappa shape index (κ3) is 1.99. The molecule has 1 aromatic rings. The molecule has 78 valence electrons. The van der Waals surface area contributed by atoms with Gasteiger partial charge in [-0.05, 0) is 28.0 Å². The summed E-state index contributed by atoms with van der Waals surface area (Å²) in [5.74, 6) is 0. The maximum atomic E-state index is 11.4. The van der Waals surface area contributed by atoms with Crippen molar-refractivity contribution in [2.45, 2.75) is 0 Å². The number of nitrogens with zero attached hydrogens (tertiary/aromatic N) is 2. The second-order valence-corrected chi connectivity index (χ2v) is 4.62. The molecule has 15 heavy (non-hydrogen) atoms. The summed E-state index contributed by atoms with van der Waals surface area (Å²) in [5.41, 5.74) is 2.00. The highest BCUT2D eigenvalue weighted by atomic mass is 32.2. The third-order valence-electron chi connectivity index (χ3n) is 2.15. The Bertz CT molecular complexity index is 446. The monoisotopic (exact) mass is 219 g/mol. The second-order valence-electron chi connectivity index (χ2n) is 3.40. The zero-order valence-corrected chi connectivity index (χ0v) is 9.41. The number of hydrogen-bond acceptors (Lipinski definition) is 3. The van der Waals surface area contributed by atoms with E-state index in [9.17, 15) is 4.21 Å². The average molecular weight is 219 g/mol. The van der Waals surface area contributed by atoms with Crippen LogP contribution in [0.2, 0.25) is 0 Å². The molecule has 0 fully saturated rings. The van der Waals surface area contributed by atoms with Gasteiger partial charge < -0.3 is 9.89 Å². The Hall–Kier alpha value is -1.42. The lowest BCUT2D eigenvalue weighted by Gasteiger charge is -2.14. The number of aliphatic imine (C=N–C) groups is 1. The molecule has 1 unspecified atom stereocenters. The van der Waals surface area contributed by atoms with E-state index < -0.39 is 10.8 Å². The molecule has 4 heteroatoms. The number of hydrogen-bond donors (Lipinski definition) is 0. The van der Waals surface area contributed by atoms with E-state index in [1.165, 1.54) is 5.41 Å². The lowest BCUT2D eigenvalue weighted by atomic mass is 10.2. The summed E-state index contributed by atoms with van der Waals surface area (Å²) in [7, 11) is 2.83. The molecule has 0 aliphatic carbocycles. The van der Waals surface area contributed by atoms with Gasteiger partial charge in [0.25, 0.3) is 0 Å². The van der Waals surface area contributed by atoms with Crippen LogP contribution in [0.5, 0.6) is 0 Å². The highest BCUT2D eigenvalue weighted by Gasteiger charge is 2.03. The number of anilines is 1. The van der Waals surface area contributed by atoms with E-state index in [1.54, 1.807) is 0 Å². The number of benzene rings is 1. The maximum absolute atomic E-state index is 11.4. The van der Waals surface area contributed by atoms with E-state index in [4.69, 9.17) is 0 Å². The molecule has 2 rings (SSSR count). The van der Waals surface area contributed by atoms with Crippen LogP contribution in [-0.2, 0) is 10.8 Å². The normalized spacial score (nSPS) is 19.1. The van der Waals surface area contributed by atoms with Crippen LogP contribution in [0.3, 0.4) is 0 Å². The lowest BCUT2D eigenvalue weighted by Crippen LogP contribution is -2.09. The van der Waals surface area contributed by atoms with E-state index in [2.05, 4.69) is 11.2 Å². The molecule has 1 atom stereocenters. The van der Waals surface area contributed by atoms with Crippen molar-refractivity contribution in [3.05, 3.63) is 41.4 Å². The molecule has 3 nitrogen and oxygen atoms in total. The highest BCUT2D eigenvalue weighted by Crippen LogP contribution is 2.16. The maximum Gasteiger partial charge on any atom is 0.0360 e. The van der Waals surface area contributed by atoms with Gasteiger partial charge in [-0.1, -0.05) is 23.1 Å². The Labute approximate surface area is 91.6 Å². The molecule has 0 aromatic heterocycles. The molecule has 0 saturated carbocycles. The molecule has 0 saturated heterocycles. The minimum atomic E-state index is -1.13. The summed E-state index contributed by atoms with van der Waals surface area (Å²) in [5, 5.41) is 2.05. The predicted molar refractivity (Wildman–Crippen MR) is 63.3 cm³/mol. The Morgan fingerprint density at radius 3 is 2.40 bits per heavy atom. The molecule has 1 aromatic carbocycles. The summed E-state index contributed by atoms with van der Waals surface area (Å²) in [6.07, 6.45) is 2.61. The van der Waals surface area contributed by atoms with E-state index >= 15 is 0 Å². The van der Waals surface area contributed by atoms with Crippen LogP contribution in [-0.4, -0.2) is 23.3 Å². The van der Waals surface area contributed by atoms with Crippen LogP contribution in [0, 0.1) is 6.20 Å². The molecule has 0 N–H and O–H groups in total. The van der Waals surface area contributed by atoms with E-state index in [0.717, 1.165) is 11.3 Å². The van der Waals surface area contributed by atoms with Gasteiger partial charge in [-0.2, -0.15) is 0 Å². The number of rotatable bonds is 2. The second kappa shape index (κ2) is 3.98. The Morgan fingerprint density at radius 1 is 1.27 bits per heavy atom. The van der Waals surface area contributed by atoms with Gasteiger partial charge in [-0.25, -0.2) is 0 Å². The van der Waals surface area contributed by atoms with Gasteiger partial charge in [0.05, 0.1) is 0 Å². The van der Waals surface area contributed by atoms with Gasteiger partial charge in [0.15, 0.2) is 0 Å². The zero-order valence-electron chi connectivity index (χ0n) is 8.60. The minimum Gasteiger partial charge on any atom is -0.443 e. The first-order chi connectivity index (χ1) is 7.18. The highest BCUT2D eigenvalue weighted by molar-refractivity contribution is 8.04. The standard InChI is InChI=1S/C11H11N2OS/c1-13(2)10-5-3-9(4-6-10)11-12-7-8-15(11)14/h3-6,8H,1-2H3/q-1. The third-order valence-corrected chi connectivity index (χ3v) is 3.17. The Balaban J connectivity index is 2.29. The van der Waals surface area contributed by atoms with Gasteiger partial charge in [0, 0.05) is 19.8 Å². The van der Waals surface area contributed by atoms with Gasteiger partial charge in [-0.3, -0.25) is 4.21 Å². The molecule has 0 spiro atoms. The van der Waals surface area contributed by atoms with Crippen molar-refractivity contribution in [1.29, 1.82) is 0 Å². The van der Waals surface area contributed by atoms with Crippen LogP contribution in [0.1, 0.15) is 5.56 Å². The fraction of sp³-hybridized carbons (Fsp3) is 0.182.